The zero-order valence-corrected chi connectivity index (χ0v) is 5.91. The summed E-state index contributed by atoms with van der Waals surface area (Å²) in [6, 6.07) is 0. The Morgan fingerprint density at radius 2 is 1.33 bits per heavy atom. The van der Waals surface area contributed by atoms with Crippen molar-refractivity contribution in [2.45, 2.75) is 32.5 Å². The standard InChI is InChI=1S/C7H14O2/c1-4-5(2)7(9)3-6(4)8/h4-9H,3H2,1-2H3/t4-,5?,6-,7+/m1/s1. The molecule has 0 bridgehead atoms. The number of rotatable bonds is 0. The number of hydrogen-bond donors (Lipinski definition) is 2. The minimum absolute atomic E-state index is 0.264. The SMILES string of the molecule is CC1[C@@H](C)[C@H](O)C[C@@H]1O. The highest BCUT2D eigenvalue weighted by Gasteiger charge is 2.35. The molecule has 1 rings (SSSR count). The molecule has 1 aliphatic rings. The Hall–Kier alpha value is -0.0800. The molecule has 0 heterocycles. The normalized spacial score (nSPS) is 52.0. The summed E-state index contributed by atoms with van der Waals surface area (Å²) < 4.78 is 0. The predicted octanol–water partition coefficient (Wildman–Crippen LogP) is 0.384. The van der Waals surface area contributed by atoms with Crippen molar-refractivity contribution in [2.24, 2.45) is 11.8 Å². The van der Waals surface area contributed by atoms with Crippen molar-refractivity contribution >= 4 is 0 Å². The van der Waals surface area contributed by atoms with Crippen LogP contribution in [0.15, 0.2) is 0 Å². The van der Waals surface area contributed by atoms with Gasteiger partial charge in [-0.15, -0.1) is 0 Å². The zero-order valence-electron chi connectivity index (χ0n) is 5.91. The van der Waals surface area contributed by atoms with Gasteiger partial charge in [-0.3, -0.25) is 0 Å². The summed E-state index contributed by atoms with van der Waals surface area (Å²) in [6.45, 7) is 3.96. The van der Waals surface area contributed by atoms with E-state index in [1.807, 2.05) is 13.8 Å². The summed E-state index contributed by atoms with van der Waals surface area (Å²) in [7, 11) is 0. The topological polar surface area (TPSA) is 40.5 Å². The van der Waals surface area contributed by atoms with E-state index in [4.69, 9.17) is 0 Å². The molecule has 0 radical (unpaired) electrons. The molecule has 1 saturated carbocycles. The molecule has 0 aromatic heterocycles. The Bertz CT molecular complexity index is 91.1. The lowest BCUT2D eigenvalue weighted by Gasteiger charge is -2.12. The molecular weight excluding hydrogens is 116 g/mol. The predicted molar refractivity (Wildman–Crippen MR) is 35.0 cm³/mol. The first-order chi connectivity index (χ1) is 4.13. The molecule has 0 aliphatic heterocycles. The summed E-state index contributed by atoms with van der Waals surface area (Å²) in [6.07, 6.45) is -0.00694. The van der Waals surface area contributed by atoms with Crippen LogP contribution < -0.4 is 0 Å². The lowest BCUT2D eigenvalue weighted by Crippen LogP contribution is -2.15. The van der Waals surface area contributed by atoms with Gasteiger partial charge in [-0.25, -0.2) is 0 Å². The van der Waals surface area contributed by atoms with Crippen molar-refractivity contribution in [1.82, 2.24) is 0 Å². The van der Waals surface area contributed by atoms with E-state index in [1.54, 1.807) is 0 Å². The quantitative estimate of drug-likeness (QED) is 0.498. The van der Waals surface area contributed by atoms with Gasteiger partial charge >= 0.3 is 0 Å². The molecule has 2 heteroatoms. The maximum atomic E-state index is 9.18. The van der Waals surface area contributed by atoms with E-state index in [-0.39, 0.29) is 24.0 Å². The van der Waals surface area contributed by atoms with Crippen molar-refractivity contribution in [3.05, 3.63) is 0 Å². The summed E-state index contributed by atoms with van der Waals surface area (Å²) in [5, 5.41) is 18.4. The molecule has 0 aromatic carbocycles. The van der Waals surface area contributed by atoms with Crippen LogP contribution in [-0.2, 0) is 0 Å². The number of aliphatic hydroxyl groups is 2. The molecule has 0 spiro atoms. The first-order valence-corrected chi connectivity index (χ1v) is 3.49. The molecule has 1 fully saturated rings. The second kappa shape index (κ2) is 2.27. The summed E-state index contributed by atoms with van der Waals surface area (Å²) in [4.78, 5) is 0. The molecule has 0 saturated heterocycles. The van der Waals surface area contributed by atoms with Crippen molar-refractivity contribution in [3.63, 3.8) is 0 Å². The fraction of sp³-hybridized carbons (Fsp3) is 1.00. The van der Waals surface area contributed by atoms with Gasteiger partial charge in [0.1, 0.15) is 0 Å². The lowest BCUT2D eigenvalue weighted by molar-refractivity contribution is 0.123. The van der Waals surface area contributed by atoms with Crippen LogP contribution in [0.2, 0.25) is 0 Å². The fourth-order valence-corrected chi connectivity index (χ4v) is 1.38. The average molecular weight is 130 g/mol. The van der Waals surface area contributed by atoms with E-state index in [1.165, 1.54) is 0 Å². The van der Waals surface area contributed by atoms with Gasteiger partial charge in [0.05, 0.1) is 12.2 Å². The van der Waals surface area contributed by atoms with E-state index in [0.29, 0.717) is 6.42 Å². The second-order valence-corrected chi connectivity index (χ2v) is 3.09. The van der Waals surface area contributed by atoms with Gasteiger partial charge in [0.15, 0.2) is 0 Å². The van der Waals surface area contributed by atoms with Crippen molar-refractivity contribution in [3.8, 4) is 0 Å². The van der Waals surface area contributed by atoms with E-state index in [2.05, 4.69) is 0 Å². The average Bonchev–Trinajstić information content (AvgIpc) is 1.98. The summed E-state index contributed by atoms with van der Waals surface area (Å²) in [5.74, 6) is 0.528. The van der Waals surface area contributed by atoms with Crippen LogP contribution in [0, 0.1) is 11.8 Å². The third kappa shape index (κ3) is 1.10. The van der Waals surface area contributed by atoms with Gasteiger partial charge in [0.25, 0.3) is 0 Å². The molecule has 9 heavy (non-hydrogen) atoms. The van der Waals surface area contributed by atoms with Gasteiger partial charge in [0, 0.05) is 0 Å². The van der Waals surface area contributed by atoms with E-state index in [9.17, 15) is 10.2 Å². The summed E-state index contributed by atoms with van der Waals surface area (Å²) >= 11 is 0. The van der Waals surface area contributed by atoms with Gasteiger partial charge in [-0.2, -0.15) is 0 Å². The van der Waals surface area contributed by atoms with E-state index < -0.39 is 0 Å². The van der Waals surface area contributed by atoms with Gasteiger partial charge in [-0.1, -0.05) is 13.8 Å². The lowest BCUT2D eigenvalue weighted by atomic mass is 9.98. The maximum Gasteiger partial charge on any atom is 0.0594 e. The molecule has 2 N–H and O–H groups in total. The minimum Gasteiger partial charge on any atom is -0.393 e. The first kappa shape index (κ1) is 7.03. The van der Waals surface area contributed by atoms with Crippen LogP contribution in [0.25, 0.3) is 0 Å². The molecule has 1 aliphatic carbocycles. The van der Waals surface area contributed by atoms with E-state index in [0.717, 1.165) is 0 Å². The Balaban J connectivity index is 2.54. The highest BCUT2D eigenvalue weighted by atomic mass is 16.3. The van der Waals surface area contributed by atoms with Crippen LogP contribution >= 0.6 is 0 Å². The molecule has 2 nitrogen and oxygen atoms in total. The van der Waals surface area contributed by atoms with Gasteiger partial charge < -0.3 is 10.2 Å². The molecule has 54 valence electrons. The molecule has 1 unspecified atom stereocenters. The Kier molecular flexibility index (Phi) is 1.78. The zero-order chi connectivity index (χ0) is 7.02. The molecule has 0 aromatic rings. The van der Waals surface area contributed by atoms with Crippen molar-refractivity contribution < 1.29 is 10.2 Å². The summed E-state index contributed by atoms with van der Waals surface area (Å²) in [5.41, 5.74) is 0. The van der Waals surface area contributed by atoms with Crippen LogP contribution in [0.4, 0.5) is 0 Å². The molecule has 4 atom stereocenters. The Labute approximate surface area is 55.5 Å². The van der Waals surface area contributed by atoms with Crippen LogP contribution in [0.3, 0.4) is 0 Å². The highest BCUT2D eigenvalue weighted by Crippen LogP contribution is 2.31. The largest absolute Gasteiger partial charge is 0.393 e. The third-order valence-electron chi connectivity index (χ3n) is 2.53. The third-order valence-corrected chi connectivity index (χ3v) is 2.53. The monoisotopic (exact) mass is 130 g/mol. The second-order valence-electron chi connectivity index (χ2n) is 3.09. The fourth-order valence-electron chi connectivity index (χ4n) is 1.38. The van der Waals surface area contributed by atoms with Crippen LogP contribution in [0.5, 0.6) is 0 Å². The van der Waals surface area contributed by atoms with Gasteiger partial charge in [0.2, 0.25) is 0 Å². The van der Waals surface area contributed by atoms with Gasteiger partial charge in [-0.05, 0) is 18.3 Å². The highest BCUT2D eigenvalue weighted by molar-refractivity contribution is 4.85. The van der Waals surface area contributed by atoms with Crippen molar-refractivity contribution in [1.29, 1.82) is 0 Å². The number of aliphatic hydroxyl groups excluding tert-OH is 2. The number of hydrogen-bond acceptors (Lipinski definition) is 2. The Morgan fingerprint density at radius 1 is 1.00 bits per heavy atom. The maximum absolute atomic E-state index is 9.18. The van der Waals surface area contributed by atoms with Crippen LogP contribution in [0.1, 0.15) is 20.3 Å². The molecule has 0 amide bonds. The van der Waals surface area contributed by atoms with Crippen LogP contribution in [-0.4, -0.2) is 22.4 Å². The first-order valence-electron chi connectivity index (χ1n) is 3.49. The Morgan fingerprint density at radius 3 is 1.44 bits per heavy atom. The van der Waals surface area contributed by atoms with E-state index >= 15 is 0 Å². The molecular formula is C7H14O2. The van der Waals surface area contributed by atoms with Crippen molar-refractivity contribution in [2.75, 3.05) is 0 Å². The minimum atomic E-state index is -0.282. The smallest absolute Gasteiger partial charge is 0.0594 e.